The monoisotopic (exact) mass is 405 g/mol. The number of hydrogen-bond donors (Lipinski definition) is 1. The van der Waals surface area contributed by atoms with E-state index in [1.807, 2.05) is 13.8 Å². The van der Waals surface area contributed by atoms with Gasteiger partial charge in [0, 0.05) is 7.11 Å². The van der Waals surface area contributed by atoms with Gasteiger partial charge in [-0.3, -0.25) is 10.1 Å². The van der Waals surface area contributed by atoms with E-state index in [-0.39, 0.29) is 47.9 Å². The second kappa shape index (κ2) is 8.03. The topological polar surface area (TPSA) is 72.6 Å². The van der Waals surface area contributed by atoms with E-state index in [0.717, 1.165) is 12.8 Å². The van der Waals surface area contributed by atoms with Crippen LogP contribution in [0.5, 0.6) is 0 Å². The molecule has 2 heterocycles. The van der Waals surface area contributed by atoms with Gasteiger partial charge in [-0.2, -0.15) is 0 Å². The van der Waals surface area contributed by atoms with E-state index < -0.39 is 5.54 Å². The summed E-state index contributed by atoms with van der Waals surface area (Å²) in [6.45, 7) is 10.8. The largest absolute Gasteiger partial charge is 0.459 e. The summed E-state index contributed by atoms with van der Waals surface area (Å²) in [4.78, 5) is 12.4. The average Bonchev–Trinajstić information content (AvgIpc) is 3.57. The molecule has 0 aromatic carbocycles. The molecule has 3 rings (SSSR count). The molecule has 0 aromatic rings. The van der Waals surface area contributed by atoms with Gasteiger partial charge in [-0.25, -0.2) is 0 Å². The van der Waals surface area contributed by atoms with Crippen molar-refractivity contribution < 1.29 is 23.7 Å². The van der Waals surface area contributed by atoms with Crippen LogP contribution in [-0.4, -0.2) is 61.3 Å². The second-order valence-electron chi connectivity index (χ2n) is 9.53. The number of nitrogens with one attached hydrogen (secondary N) is 1. The molecule has 0 aromatic heterocycles. The van der Waals surface area contributed by atoms with Gasteiger partial charge in [0.25, 0.3) is 0 Å². The number of methoxy groups -OCH3 is 1. The molecule has 6 nitrogen and oxygen atoms in total. The van der Waals surface area contributed by atoms with Crippen LogP contribution in [0, 0.1) is 18.3 Å². The first kappa shape index (κ1) is 22.3. The maximum Gasteiger partial charge on any atom is 0.320 e. The molecule has 1 spiro atoms. The highest BCUT2D eigenvalue weighted by atomic mass is 16.6. The van der Waals surface area contributed by atoms with Crippen LogP contribution in [0.1, 0.15) is 53.9 Å². The zero-order chi connectivity index (χ0) is 21.4. The molecular formula is C23H35NO5. The van der Waals surface area contributed by atoms with E-state index in [9.17, 15) is 4.79 Å². The average molecular weight is 406 g/mol. The van der Waals surface area contributed by atoms with E-state index in [2.05, 4.69) is 38.1 Å². The summed E-state index contributed by atoms with van der Waals surface area (Å²) in [6.07, 6.45) is 9.65. The molecular weight excluding hydrogens is 370 g/mol. The molecule has 162 valence electrons. The lowest BCUT2D eigenvalue weighted by Gasteiger charge is -2.42. The van der Waals surface area contributed by atoms with Crippen molar-refractivity contribution in [3.8, 4) is 12.3 Å². The number of allylic oxidation sites excluding steroid dienone is 1. The first-order valence-electron chi connectivity index (χ1n) is 10.5. The molecule has 6 atom stereocenters. The van der Waals surface area contributed by atoms with Gasteiger partial charge in [0.15, 0.2) is 0 Å². The predicted octanol–water partition coefficient (Wildman–Crippen LogP) is 2.61. The van der Waals surface area contributed by atoms with Crippen LogP contribution >= 0.6 is 0 Å². The fourth-order valence-electron chi connectivity index (χ4n) is 4.62. The van der Waals surface area contributed by atoms with Crippen molar-refractivity contribution in [3.05, 3.63) is 11.6 Å². The molecule has 1 unspecified atom stereocenters. The van der Waals surface area contributed by atoms with Gasteiger partial charge < -0.3 is 18.9 Å². The third-order valence-corrected chi connectivity index (χ3v) is 6.56. The molecule has 1 aliphatic carbocycles. The van der Waals surface area contributed by atoms with Crippen molar-refractivity contribution in [2.45, 2.75) is 88.9 Å². The minimum atomic E-state index is -0.561. The summed E-state index contributed by atoms with van der Waals surface area (Å²) in [5.41, 5.74) is 0.162. The smallest absolute Gasteiger partial charge is 0.320 e. The number of terminal acetylenes is 1. The third kappa shape index (κ3) is 4.69. The number of hydrogen-bond acceptors (Lipinski definition) is 6. The van der Waals surface area contributed by atoms with Crippen LogP contribution in [0.25, 0.3) is 0 Å². The Morgan fingerprint density at radius 3 is 2.66 bits per heavy atom. The maximum absolute atomic E-state index is 12.4. The molecule has 3 aliphatic rings. The first-order chi connectivity index (χ1) is 13.6. The lowest BCUT2D eigenvalue weighted by atomic mass is 9.68. The summed E-state index contributed by atoms with van der Waals surface area (Å²) >= 11 is 0. The fraction of sp³-hybridized carbons (Fsp3) is 0.783. The summed E-state index contributed by atoms with van der Waals surface area (Å²) in [5.74, 6) is 2.32. The van der Waals surface area contributed by atoms with Crippen LogP contribution in [-0.2, 0) is 23.7 Å². The van der Waals surface area contributed by atoms with Gasteiger partial charge in [-0.15, -0.1) is 6.42 Å². The second-order valence-corrected chi connectivity index (χ2v) is 9.53. The number of ether oxygens (including phenoxy) is 4. The minimum absolute atomic E-state index is 0.0252. The van der Waals surface area contributed by atoms with Crippen LogP contribution < -0.4 is 5.32 Å². The SMILES string of the molecule is C#CC(C)(C)NCC(=O)O[C@@H]1CC[C@]2(CO2)[C@@H]([C@@]2(C)OC2CC=C(C)C)[C@@H]1OC. The molecule has 0 bridgehead atoms. The Kier molecular flexibility index (Phi) is 6.18. The van der Waals surface area contributed by atoms with Crippen molar-refractivity contribution >= 4 is 5.97 Å². The molecule has 6 heteroatoms. The Morgan fingerprint density at radius 2 is 2.10 bits per heavy atom. The highest BCUT2D eigenvalue weighted by molar-refractivity contribution is 5.72. The van der Waals surface area contributed by atoms with Gasteiger partial charge in [0.05, 0.1) is 30.7 Å². The van der Waals surface area contributed by atoms with Crippen LogP contribution in [0.2, 0.25) is 0 Å². The van der Waals surface area contributed by atoms with Crippen LogP contribution in [0.3, 0.4) is 0 Å². The molecule has 2 aliphatic heterocycles. The highest BCUT2D eigenvalue weighted by Crippen LogP contribution is 2.59. The molecule has 0 radical (unpaired) electrons. The van der Waals surface area contributed by atoms with Crippen molar-refractivity contribution in [1.82, 2.24) is 5.32 Å². The van der Waals surface area contributed by atoms with E-state index >= 15 is 0 Å². The van der Waals surface area contributed by atoms with Crippen LogP contribution in [0.15, 0.2) is 11.6 Å². The van der Waals surface area contributed by atoms with E-state index in [1.54, 1.807) is 7.11 Å². The lowest BCUT2D eigenvalue weighted by molar-refractivity contribution is -0.171. The van der Waals surface area contributed by atoms with Crippen LogP contribution in [0.4, 0.5) is 0 Å². The number of epoxide rings is 2. The number of rotatable bonds is 8. The summed E-state index contributed by atoms with van der Waals surface area (Å²) in [5, 5.41) is 3.04. The Morgan fingerprint density at radius 1 is 1.41 bits per heavy atom. The standard InChI is InChI=1S/C23H35NO5/c1-8-21(4,5)24-13-18(25)28-16-11-12-23(14-27-23)20(19(16)26-7)22(6)17(29-22)10-9-15(2)3/h1,9,16-17,19-20,24H,10-14H2,2-7H3/t16-,17?,19-,20-,22+,23+/m1/s1. The van der Waals surface area contributed by atoms with E-state index in [1.165, 1.54) is 5.57 Å². The van der Waals surface area contributed by atoms with E-state index in [4.69, 9.17) is 25.4 Å². The third-order valence-electron chi connectivity index (χ3n) is 6.56. The number of carbonyl (C=O) groups is 1. The molecule has 2 saturated heterocycles. The maximum atomic E-state index is 12.4. The van der Waals surface area contributed by atoms with Gasteiger partial charge >= 0.3 is 5.97 Å². The normalized spacial score (nSPS) is 38.2. The Hall–Kier alpha value is -1.39. The molecule has 1 saturated carbocycles. The van der Waals surface area contributed by atoms with Crippen molar-refractivity contribution in [1.29, 1.82) is 0 Å². The molecule has 29 heavy (non-hydrogen) atoms. The predicted molar refractivity (Wildman–Crippen MR) is 110 cm³/mol. The van der Waals surface area contributed by atoms with Crippen molar-refractivity contribution in [3.63, 3.8) is 0 Å². The van der Waals surface area contributed by atoms with E-state index in [0.29, 0.717) is 13.0 Å². The zero-order valence-corrected chi connectivity index (χ0v) is 18.5. The first-order valence-corrected chi connectivity index (χ1v) is 10.5. The Labute approximate surface area is 174 Å². The van der Waals surface area contributed by atoms with Gasteiger partial charge in [0.1, 0.15) is 23.4 Å². The molecule has 0 amide bonds. The molecule has 1 N–H and O–H groups in total. The summed E-state index contributed by atoms with van der Waals surface area (Å²) in [7, 11) is 1.68. The molecule has 3 fully saturated rings. The van der Waals surface area contributed by atoms with Gasteiger partial charge in [0.2, 0.25) is 0 Å². The lowest BCUT2D eigenvalue weighted by Crippen LogP contribution is -2.56. The Balaban J connectivity index is 1.68. The number of carbonyl (C=O) groups excluding carboxylic acids is 1. The van der Waals surface area contributed by atoms with Crippen molar-refractivity contribution in [2.24, 2.45) is 5.92 Å². The van der Waals surface area contributed by atoms with Gasteiger partial charge in [-0.1, -0.05) is 17.6 Å². The van der Waals surface area contributed by atoms with Gasteiger partial charge in [-0.05, 0) is 53.9 Å². The Bertz CT molecular complexity index is 701. The fourth-order valence-corrected chi connectivity index (χ4v) is 4.62. The zero-order valence-electron chi connectivity index (χ0n) is 18.5. The summed E-state index contributed by atoms with van der Waals surface area (Å²) in [6, 6.07) is 0. The summed E-state index contributed by atoms with van der Waals surface area (Å²) < 4.78 is 23.8. The minimum Gasteiger partial charge on any atom is -0.459 e. The number of esters is 1. The highest BCUT2D eigenvalue weighted by Gasteiger charge is 2.72. The quantitative estimate of drug-likeness (QED) is 0.290. The van der Waals surface area contributed by atoms with Crippen molar-refractivity contribution in [2.75, 3.05) is 20.3 Å².